The van der Waals surface area contributed by atoms with Gasteiger partial charge < -0.3 is 33.8 Å². The van der Waals surface area contributed by atoms with Crippen LogP contribution in [0.25, 0.3) is 0 Å². The third kappa shape index (κ3) is 76.4. The molecule has 0 aliphatic rings. The third-order valence-electron chi connectivity index (χ3n) is 15.9. The number of hydrogen-bond acceptors (Lipinski definition) is 15. The Kier molecular flexibility index (Phi) is 73.1. The summed E-state index contributed by atoms with van der Waals surface area (Å²) in [7, 11) is -10.0. The van der Waals surface area contributed by atoms with E-state index in [-0.39, 0.29) is 25.7 Å². The second kappa shape index (κ2) is 77.3. The number of phosphoric acid groups is 2. The number of aliphatic hydroxyl groups is 1. The van der Waals surface area contributed by atoms with Crippen LogP contribution in [0.2, 0.25) is 0 Å². The minimum absolute atomic E-state index is 0.0317. The number of aliphatic hydroxyl groups excluding tert-OH is 1. The van der Waals surface area contributed by atoms with Crippen LogP contribution in [0.4, 0.5) is 0 Å². The Labute approximate surface area is 641 Å². The van der Waals surface area contributed by atoms with E-state index >= 15 is 0 Å². The molecule has 0 aromatic heterocycles. The molecule has 0 aromatic rings. The fourth-order valence-corrected chi connectivity index (χ4v) is 11.5. The maximum atomic E-state index is 13.1. The first-order chi connectivity index (χ1) is 51.7. The number of rotatable bonds is 73. The van der Waals surface area contributed by atoms with Gasteiger partial charge in [-0.05, 0) is 173 Å². The van der Waals surface area contributed by atoms with Crippen molar-refractivity contribution in [2.45, 2.75) is 303 Å². The average Bonchev–Trinajstić information content (AvgIpc) is 0.909. The lowest BCUT2D eigenvalue weighted by atomic mass is 10.1. The predicted octanol–water partition coefficient (Wildman–Crippen LogP) is 23.6. The lowest BCUT2D eigenvalue weighted by Gasteiger charge is -2.21. The molecule has 0 heterocycles. The predicted molar refractivity (Wildman–Crippen MR) is 436 cm³/mol. The van der Waals surface area contributed by atoms with Crippen LogP contribution in [0.3, 0.4) is 0 Å². The van der Waals surface area contributed by atoms with Gasteiger partial charge in [-0.2, -0.15) is 0 Å². The summed E-state index contributed by atoms with van der Waals surface area (Å²) in [5, 5.41) is 10.6. The monoisotopic (exact) mass is 1520 g/mol. The van der Waals surface area contributed by atoms with Gasteiger partial charge in [-0.15, -0.1) is 0 Å². The van der Waals surface area contributed by atoms with Gasteiger partial charge in [-0.3, -0.25) is 37.3 Å². The summed E-state index contributed by atoms with van der Waals surface area (Å²) in [6.07, 6.45) is 93.0. The third-order valence-corrected chi connectivity index (χ3v) is 17.8. The van der Waals surface area contributed by atoms with Crippen LogP contribution >= 0.6 is 15.6 Å². The van der Waals surface area contributed by atoms with E-state index < -0.39 is 97.5 Å². The molecule has 0 rings (SSSR count). The highest BCUT2D eigenvalue weighted by atomic mass is 31.2. The number of allylic oxidation sites excluding steroid dienone is 30. The van der Waals surface area contributed by atoms with Crippen molar-refractivity contribution in [2.24, 2.45) is 0 Å². The Balaban J connectivity index is 5.46. The standard InChI is InChI=1S/C87H140O17P2/c1-5-9-13-17-21-25-29-33-37-39-40-42-46-48-52-56-60-64-68-72-85(90)98-78-83(104-87(92)74-70-66-62-58-54-50-44-36-32-28-24-20-16-12-8-4)80-102-106(95,96)100-76-81(88)75-99-105(93,94)101-79-82(103-86(91)73-69-65-61-57-53-49-43-35-31-27-23-19-15-11-7-3)77-97-84(89)71-67-63-59-55-51-47-45-41-38-34-30-26-22-18-14-10-6-2/h9-16,21-28,33-38,40,42-45,47,54,58,81-83,88H,5-8,17-20,29-32,39,41,46,48-53,55-57,59-80H2,1-4H3,(H,93,94)(H,95,96)/b13-9-,14-10-,15-11-,16-12-,25-21-,26-22-,27-23-,28-24-,37-33-,38-34-,42-40-,43-35-,44-36-,47-45-,58-54-. The molecule has 0 saturated carbocycles. The van der Waals surface area contributed by atoms with Crippen molar-refractivity contribution in [3.63, 3.8) is 0 Å². The molecule has 0 fully saturated rings. The largest absolute Gasteiger partial charge is 0.472 e. The summed E-state index contributed by atoms with van der Waals surface area (Å²) in [5.41, 5.74) is 0. The van der Waals surface area contributed by atoms with Crippen molar-refractivity contribution in [1.29, 1.82) is 0 Å². The van der Waals surface area contributed by atoms with Gasteiger partial charge in [0.15, 0.2) is 12.2 Å². The summed E-state index contributed by atoms with van der Waals surface area (Å²) in [6.45, 7) is 4.29. The lowest BCUT2D eigenvalue weighted by Crippen LogP contribution is -2.30. The molecule has 0 radical (unpaired) electrons. The van der Waals surface area contributed by atoms with E-state index in [9.17, 15) is 43.2 Å². The van der Waals surface area contributed by atoms with Crippen molar-refractivity contribution < 1.29 is 80.2 Å². The van der Waals surface area contributed by atoms with E-state index in [2.05, 4.69) is 210 Å². The highest BCUT2D eigenvalue weighted by Crippen LogP contribution is 2.45. The maximum Gasteiger partial charge on any atom is 0.472 e. The number of ether oxygens (including phenoxy) is 4. The molecule has 0 spiro atoms. The van der Waals surface area contributed by atoms with Gasteiger partial charge >= 0.3 is 39.5 Å². The summed E-state index contributed by atoms with van der Waals surface area (Å²) in [4.78, 5) is 73.1. The average molecular weight is 1520 g/mol. The first kappa shape index (κ1) is 100. The first-order valence-electron chi connectivity index (χ1n) is 40.0. The highest BCUT2D eigenvalue weighted by molar-refractivity contribution is 7.47. The molecule has 5 atom stereocenters. The quantitative estimate of drug-likeness (QED) is 0.0169. The first-order valence-corrected chi connectivity index (χ1v) is 43.0. The Morgan fingerprint density at radius 3 is 0.726 bits per heavy atom. The molecule has 0 amide bonds. The van der Waals surface area contributed by atoms with E-state index in [1.54, 1.807) is 0 Å². The molecule has 19 heteroatoms. The van der Waals surface area contributed by atoms with Gasteiger partial charge in [-0.1, -0.05) is 268 Å². The molecule has 0 bridgehead atoms. The number of carbonyl (C=O) groups excluding carboxylic acids is 4. The van der Waals surface area contributed by atoms with Crippen LogP contribution in [0.15, 0.2) is 182 Å². The van der Waals surface area contributed by atoms with Gasteiger partial charge in [0.05, 0.1) is 26.4 Å². The van der Waals surface area contributed by atoms with E-state index in [1.807, 2.05) is 0 Å². The Morgan fingerprint density at radius 2 is 0.462 bits per heavy atom. The van der Waals surface area contributed by atoms with Crippen molar-refractivity contribution in [3.8, 4) is 0 Å². The number of phosphoric ester groups is 2. The molecule has 600 valence electrons. The Hall–Kier alpha value is -5.84. The Bertz CT molecular complexity index is 2730. The second-order valence-electron chi connectivity index (χ2n) is 25.8. The van der Waals surface area contributed by atoms with Crippen molar-refractivity contribution in [3.05, 3.63) is 182 Å². The Morgan fingerprint density at radius 1 is 0.264 bits per heavy atom. The summed E-state index contributed by atoms with van der Waals surface area (Å²) >= 11 is 0. The van der Waals surface area contributed by atoms with Crippen LogP contribution in [-0.4, -0.2) is 96.7 Å². The van der Waals surface area contributed by atoms with E-state index in [0.29, 0.717) is 32.1 Å². The van der Waals surface area contributed by atoms with E-state index in [1.165, 1.54) is 0 Å². The molecular weight excluding hydrogens is 1380 g/mol. The molecule has 0 aliphatic heterocycles. The van der Waals surface area contributed by atoms with Crippen LogP contribution in [0.5, 0.6) is 0 Å². The summed E-state index contributed by atoms with van der Waals surface area (Å²) < 4.78 is 68.6. The van der Waals surface area contributed by atoms with Crippen molar-refractivity contribution >= 4 is 39.5 Å². The zero-order valence-electron chi connectivity index (χ0n) is 65.5. The minimum atomic E-state index is -5.00. The smallest absolute Gasteiger partial charge is 0.462 e. The van der Waals surface area contributed by atoms with E-state index in [4.69, 9.17) is 37.0 Å². The fourth-order valence-electron chi connectivity index (χ4n) is 9.91. The number of unbranched alkanes of at least 4 members (excludes halogenated alkanes) is 17. The molecular formula is C87H140O17P2. The van der Waals surface area contributed by atoms with E-state index in [0.717, 1.165) is 199 Å². The fraction of sp³-hybridized carbons (Fsp3) is 0.609. The highest BCUT2D eigenvalue weighted by Gasteiger charge is 2.30. The summed E-state index contributed by atoms with van der Waals surface area (Å²) in [5.74, 6) is -2.30. The summed E-state index contributed by atoms with van der Waals surface area (Å²) in [6, 6.07) is 0. The molecule has 106 heavy (non-hydrogen) atoms. The molecule has 0 aromatic carbocycles. The number of hydrogen-bond donors (Lipinski definition) is 3. The number of esters is 4. The molecule has 5 unspecified atom stereocenters. The lowest BCUT2D eigenvalue weighted by molar-refractivity contribution is -0.161. The zero-order chi connectivity index (χ0) is 77.4. The normalized spacial score (nSPS) is 14.8. The van der Waals surface area contributed by atoms with Gasteiger partial charge in [-0.25, -0.2) is 9.13 Å². The van der Waals surface area contributed by atoms with Crippen LogP contribution < -0.4 is 0 Å². The van der Waals surface area contributed by atoms with Gasteiger partial charge in [0.2, 0.25) is 0 Å². The maximum absolute atomic E-state index is 13.1. The van der Waals surface area contributed by atoms with Crippen LogP contribution in [0.1, 0.15) is 285 Å². The van der Waals surface area contributed by atoms with Crippen molar-refractivity contribution in [2.75, 3.05) is 39.6 Å². The zero-order valence-corrected chi connectivity index (χ0v) is 67.3. The SMILES string of the molecule is CC/C=C\C/C=C\C/C=C\C/C=C\CCCCCCCCC(=O)OCC(COP(=O)(O)OCC(O)COP(=O)(O)OCC(COC(=O)CCCCCC/C=C\C/C=C\C/C=C\C/C=C\CC)OC(=O)CCCCCCC/C=C\C/C=C\C/C=C\CC)OC(=O)CCCC/C=C\C/C=C\C/C=C\C/C=C\CC. The van der Waals surface area contributed by atoms with Crippen LogP contribution in [0, 0.1) is 0 Å². The molecule has 3 N–H and O–H groups in total. The molecule has 0 saturated heterocycles. The minimum Gasteiger partial charge on any atom is -0.462 e. The molecule has 0 aliphatic carbocycles. The van der Waals surface area contributed by atoms with Crippen LogP contribution in [-0.2, 0) is 65.4 Å². The molecule has 17 nitrogen and oxygen atoms in total. The number of carbonyl (C=O) groups is 4. The van der Waals surface area contributed by atoms with Gasteiger partial charge in [0, 0.05) is 25.7 Å². The van der Waals surface area contributed by atoms with Gasteiger partial charge in [0.25, 0.3) is 0 Å². The second-order valence-corrected chi connectivity index (χ2v) is 28.7. The topological polar surface area (TPSA) is 237 Å². The van der Waals surface area contributed by atoms with Crippen molar-refractivity contribution in [1.82, 2.24) is 0 Å². The van der Waals surface area contributed by atoms with Gasteiger partial charge in [0.1, 0.15) is 19.3 Å².